The number of halogens is 2. The molecule has 0 saturated carbocycles. The summed E-state index contributed by atoms with van der Waals surface area (Å²) in [7, 11) is 0. The Morgan fingerprint density at radius 2 is 1.91 bits per heavy atom. The molecule has 2 unspecified atom stereocenters. The van der Waals surface area contributed by atoms with Gasteiger partial charge in [0.05, 0.1) is 28.5 Å². The molecule has 0 bridgehead atoms. The van der Waals surface area contributed by atoms with Gasteiger partial charge in [0.2, 0.25) is 0 Å². The van der Waals surface area contributed by atoms with Crippen LogP contribution in [0.4, 0.5) is 0 Å². The molecule has 1 fully saturated rings. The molecule has 1 N–H and O–H groups in total. The van der Waals surface area contributed by atoms with Crippen LogP contribution in [0, 0.1) is 0 Å². The van der Waals surface area contributed by atoms with Gasteiger partial charge in [0.25, 0.3) is 0 Å². The van der Waals surface area contributed by atoms with E-state index in [9.17, 15) is 0 Å². The number of hydrogen-bond donors (Lipinski definition) is 1. The van der Waals surface area contributed by atoms with Gasteiger partial charge in [-0.15, -0.1) is 0 Å². The van der Waals surface area contributed by atoms with E-state index in [1.165, 1.54) is 0 Å². The lowest BCUT2D eigenvalue weighted by atomic mass is 10.0. The highest BCUT2D eigenvalue weighted by Crippen LogP contribution is 2.41. The van der Waals surface area contributed by atoms with Gasteiger partial charge in [0.15, 0.2) is 5.11 Å². The Labute approximate surface area is 201 Å². The molecular weight excluding hydrogens is 461 g/mol. The van der Waals surface area contributed by atoms with Crippen molar-refractivity contribution in [1.29, 1.82) is 0 Å². The average molecular weight is 480 g/mol. The van der Waals surface area contributed by atoms with Crippen LogP contribution in [0.15, 0.2) is 85.5 Å². The highest BCUT2D eigenvalue weighted by molar-refractivity contribution is 7.80. The van der Waals surface area contributed by atoms with E-state index in [1.807, 2.05) is 54.9 Å². The van der Waals surface area contributed by atoms with Gasteiger partial charge in [0.1, 0.15) is 0 Å². The first-order chi connectivity index (χ1) is 15.6. The molecule has 0 aliphatic carbocycles. The first-order valence-corrected chi connectivity index (χ1v) is 11.3. The van der Waals surface area contributed by atoms with Crippen molar-refractivity contribution >= 4 is 40.5 Å². The molecule has 1 aliphatic heterocycles. The van der Waals surface area contributed by atoms with Crippen molar-refractivity contribution < 1.29 is 0 Å². The second-order valence-electron chi connectivity index (χ2n) is 7.51. The summed E-state index contributed by atoms with van der Waals surface area (Å²) in [5.41, 5.74) is 3.89. The van der Waals surface area contributed by atoms with Crippen LogP contribution in [-0.2, 0) is 6.54 Å². The monoisotopic (exact) mass is 479 g/mol. The summed E-state index contributed by atoms with van der Waals surface area (Å²) in [6.45, 7) is 0.618. The van der Waals surface area contributed by atoms with Gasteiger partial charge in [-0.25, -0.2) is 0 Å². The summed E-state index contributed by atoms with van der Waals surface area (Å²) in [5, 5.41) is 5.34. The second-order valence-corrected chi connectivity index (χ2v) is 8.74. The Bertz CT molecular complexity index is 1250. The molecule has 1 aromatic carbocycles. The van der Waals surface area contributed by atoms with Crippen molar-refractivity contribution in [3.63, 3.8) is 0 Å². The van der Waals surface area contributed by atoms with Gasteiger partial charge in [-0.1, -0.05) is 35.3 Å². The van der Waals surface area contributed by atoms with E-state index in [2.05, 4.69) is 36.9 Å². The molecule has 0 spiro atoms. The Hall–Kier alpha value is -2.93. The normalized spacial score (nSPS) is 18.1. The number of nitrogens with one attached hydrogen (secondary N) is 1. The van der Waals surface area contributed by atoms with Crippen LogP contribution in [-0.4, -0.2) is 24.5 Å². The fourth-order valence-corrected chi connectivity index (χ4v) is 4.92. The second kappa shape index (κ2) is 8.90. The number of pyridine rings is 2. The molecular formula is C24H19Cl2N5S. The minimum atomic E-state index is -0.125. The van der Waals surface area contributed by atoms with Gasteiger partial charge in [-0.05, 0) is 66.3 Å². The topological polar surface area (TPSA) is 46.0 Å². The minimum Gasteiger partial charge on any atom is -0.352 e. The number of thiocarbonyl (C=S) groups is 1. The summed E-state index contributed by atoms with van der Waals surface area (Å²) in [4.78, 5) is 11.1. The van der Waals surface area contributed by atoms with Crippen LogP contribution in [0.2, 0.25) is 10.0 Å². The summed E-state index contributed by atoms with van der Waals surface area (Å²) in [6, 6.07) is 19.3. The zero-order valence-electron chi connectivity index (χ0n) is 16.9. The van der Waals surface area contributed by atoms with Crippen LogP contribution in [0.1, 0.15) is 29.0 Å². The van der Waals surface area contributed by atoms with E-state index in [4.69, 9.17) is 35.4 Å². The van der Waals surface area contributed by atoms with E-state index < -0.39 is 0 Å². The third-order valence-corrected chi connectivity index (χ3v) is 6.42. The predicted molar refractivity (Wildman–Crippen MR) is 131 cm³/mol. The van der Waals surface area contributed by atoms with Crippen LogP contribution >= 0.6 is 35.4 Å². The first-order valence-electron chi connectivity index (χ1n) is 10.1. The summed E-state index contributed by atoms with van der Waals surface area (Å²) >= 11 is 18.5. The van der Waals surface area contributed by atoms with E-state index in [0.29, 0.717) is 21.7 Å². The fourth-order valence-electron chi connectivity index (χ4n) is 4.12. The van der Waals surface area contributed by atoms with Crippen molar-refractivity contribution in [1.82, 2.24) is 24.8 Å². The van der Waals surface area contributed by atoms with Crippen LogP contribution in [0.5, 0.6) is 0 Å². The molecule has 4 aromatic rings. The molecule has 8 heteroatoms. The lowest BCUT2D eigenvalue weighted by molar-refractivity contribution is 0.302. The Balaban J connectivity index is 1.62. The SMILES string of the molecule is S=C1NC(c2ccccn2)C(c2cccn2-c2ccc(Cl)cc2Cl)N1Cc1cccnc1. The van der Waals surface area contributed by atoms with Crippen LogP contribution in [0.3, 0.4) is 0 Å². The van der Waals surface area contributed by atoms with Gasteiger partial charge in [0, 0.05) is 42.0 Å². The molecule has 3 aromatic heterocycles. The third kappa shape index (κ3) is 3.97. The number of aromatic nitrogens is 3. The smallest absolute Gasteiger partial charge is 0.170 e. The Morgan fingerprint density at radius 3 is 2.66 bits per heavy atom. The van der Waals surface area contributed by atoms with E-state index in [-0.39, 0.29) is 12.1 Å². The predicted octanol–water partition coefficient (Wildman–Crippen LogP) is 5.75. The van der Waals surface area contributed by atoms with Gasteiger partial charge >= 0.3 is 0 Å². The fraction of sp³-hybridized carbons (Fsp3) is 0.125. The maximum atomic E-state index is 6.57. The number of hydrogen-bond acceptors (Lipinski definition) is 3. The molecule has 5 nitrogen and oxygen atoms in total. The van der Waals surface area contributed by atoms with Gasteiger partial charge in [-0.3, -0.25) is 9.97 Å². The molecule has 1 saturated heterocycles. The summed E-state index contributed by atoms with van der Waals surface area (Å²) in [6.07, 6.45) is 7.44. The summed E-state index contributed by atoms with van der Waals surface area (Å²) < 4.78 is 2.09. The van der Waals surface area contributed by atoms with Gasteiger partial charge in [-0.2, -0.15) is 0 Å². The maximum absolute atomic E-state index is 6.57. The lowest BCUT2D eigenvalue weighted by Crippen LogP contribution is -2.30. The first kappa shape index (κ1) is 20.9. The zero-order chi connectivity index (χ0) is 22.1. The van der Waals surface area contributed by atoms with Crippen molar-refractivity contribution in [2.75, 3.05) is 0 Å². The van der Waals surface area contributed by atoms with E-state index in [1.54, 1.807) is 18.5 Å². The Kier molecular flexibility index (Phi) is 5.83. The van der Waals surface area contributed by atoms with Crippen molar-refractivity contribution in [2.24, 2.45) is 0 Å². The quantitative estimate of drug-likeness (QED) is 0.369. The van der Waals surface area contributed by atoms with Crippen molar-refractivity contribution in [2.45, 2.75) is 18.6 Å². The molecule has 2 atom stereocenters. The molecule has 32 heavy (non-hydrogen) atoms. The largest absolute Gasteiger partial charge is 0.352 e. The lowest BCUT2D eigenvalue weighted by Gasteiger charge is -2.29. The summed E-state index contributed by atoms with van der Waals surface area (Å²) in [5.74, 6) is 0. The van der Waals surface area contributed by atoms with E-state index in [0.717, 1.165) is 22.6 Å². The van der Waals surface area contributed by atoms with Crippen LogP contribution in [0.25, 0.3) is 5.69 Å². The molecule has 1 aliphatic rings. The van der Waals surface area contributed by atoms with Gasteiger partial charge < -0.3 is 14.8 Å². The standard InChI is InChI=1S/C24H19Cl2N5S/c25-17-8-9-20(18(26)13-17)30-12-4-7-21(30)23-22(19-6-1-2-11-28-19)29-24(32)31(23)15-16-5-3-10-27-14-16/h1-14,22-23H,15H2,(H,29,32). The maximum Gasteiger partial charge on any atom is 0.170 e. The molecule has 0 amide bonds. The molecule has 5 rings (SSSR count). The number of rotatable bonds is 5. The number of nitrogens with zero attached hydrogens (tertiary/aromatic N) is 4. The molecule has 160 valence electrons. The van der Waals surface area contributed by atoms with Crippen LogP contribution < -0.4 is 5.32 Å². The highest BCUT2D eigenvalue weighted by atomic mass is 35.5. The Morgan fingerprint density at radius 1 is 1.00 bits per heavy atom. The van der Waals surface area contributed by atoms with E-state index >= 15 is 0 Å². The minimum absolute atomic E-state index is 0.112. The molecule has 4 heterocycles. The van der Waals surface area contributed by atoms with Crippen molar-refractivity contribution in [3.05, 3.63) is 112 Å². The molecule has 0 radical (unpaired) electrons. The average Bonchev–Trinajstić information content (AvgIpc) is 3.40. The number of benzene rings is 1. The zero-order valence-corrected chi connectivity index (χ0v) is 19.2. The highest BCUT2D eigenvalue weighted by Gasteiger charge is 2.41. The third-order valence-electron chi connectivity index (χ3n) is 5.53. The van der Waals surface area contributed by atoms with Crippen molar-refractivity contribution in [3.8, 4) is 5.69 Å².